The maximum Gasteiger partial charge on any atom is 0.145 e. The van der Waals surface area contributed by atoms with Crippen LogP contribution in [0.3, 0.4) is 0 Å². The topological polar surface area (TPSA) is 91.1 Å². The van der Waals surface area contributed by atoms with Crippen LogP contribution in [0.1, 0.15) is 13.3 Å². The number of nitrogens with one attached hydrogen (secondary N) is 2. The Hall–Kier alpha value is -3.15. The molecule has 0 radical (unpaired) electrons. The van der Waals surface area contributed by atoms with Crippen LogP contribution < -0.4 is 10.1 Å². The highest BCUT2D eigenvalue weighted by atomic mass is 16.5. The van der Waals surface area contributed by atoms with Crippen molar-refractivity contribution in [2.45, 2.75) is 13.3 Å². The maximum absolute atomic E-state index is 9.42. The molecule has 0 fully saturated rings. The maximum atomic E-state index is 9.42. The number of hydrogen-bond acceptors (Lipinski definition) is 6. The van der Waals surface area contributed by atoms with Crippen LogP contribution in [-0.2, 0) is 0 Å². The first kappa shape index (κ1) is 16.7. The van der Waals surface area contributed by atoms with Gasteiger partial charge in [0.2, 0.25) is 0 Å². The lowest BCUT2D eigenvalue weighted by molar-refractivity contribution is 0.286. The molecule has 0 saturated heterocycles. The molecule has 6 heteroatoms. The van der Waals surface area contributed by atoms with Crippen molar-refractivity contribution in [2.24, 2.45) is 5.92 Å². The Kier molecular flexibility index (Phi) is 5.09. The standard InChI is InChI=1S/C19H20N4O2/c1-2-13(10-20)11-25-17-5-3-4-16-18(17)19(22-12-21-16)23-14-6-8-15(24)9-7-14/h3-10,12-13,20,24H,2,11H2,1H3,(H,21,22,23)/t13-/m0/s1. The van der Waals surface area contributed by atoms with Gasteiger partial charge in [-0.05, 0) is 42.8 Å². The Morgan fingerprint density at radius 2 is 2.00 bits per heavy atom. The van der Waals surface area contributed by atoms with E-state index in [1.165, 1.54) is 12.5 Å². The molecule has 3 N–H and O–H groups in total. The second-order valence-corrected chi connectivity index (χ2v) is 5.69. The highest BCUT2D eigenvalue weighted by molar-refractivity contribution is 5.95. The summed E-state index contributed by atoms with van der Waals surface area (Å²) in [6.45, 7) is 2.47. The lowest BCUT2D eigenvalue weighted by Crippen LogP contribution is -2.12. The van der Waals surface area contributed by atoms with Gasteiger partial charge in [0.05, 0.1) is 17.5 Å². The van der Waals surface area contributed by atoms with Crippen LogP contribution in [0.4, 0.5) is 11.5 Å². The summed E-state index contributed by atoms with van der Waals surface area (Å²) in [4.78, 5) is 8.65. The van der Waals surface area contributed by atoms with Gasteiger partial charge in [0.1, 0.15) is 23.6 Å². The van der Waals surface area contributed by atoms with E-state index in [-0.39, 0.29) is 11.7 Å². The van der Waals surface area contributed by atoms with E-state index in [2.05, 4.69) is 15.3 Å². The monoisotopic (exact) mass is 336 g/mol. The number of nitrogens with zero attached hydrogens (tertiary/aromatic N) is 2. The fourth-order valence-corrected chi connectivity index (χ4v) is 2.46. The van der Waals surface area contributed by atoms with Crippen LogP contribution >= 0.6 is 0 Å². The van der Waals surface area contributed by atoms with Gasteiger partial charge in [0.15, 0.2) is 0 Å². The van der Waals surface area contributed by atoms with Crippen molar-refractivity contribution >= 4 is 28.6 Å². The lowest BCUT2D eigenvalue weighted by Gasteiger charge is -2.15. The van der Waals surface area contributed by atoms with Crippen molar-refractivity contribution in [3.05, 3.63) is 48.8 Å². The van der Waals surface area contributed by atoms with Crippen molar-refractivity contribution in [2.75, 3.05) is 11.9 Å². The van der Waals surface area contributed by atoms with Crippen molar-refractivity contribution in [1.82, 2.24) is 9.97 Å². The molecule has 128 valence electrons. The van der Waals surface area contributed by atoms with Gasteiger partial charge in [0.25, 0.3) is 0 Å². The molecule has 0 amide bonds. The first-order valence-corrected chi connectivity index (χ1v) is 8.14. The highest BCUT2D eigenvalue weighted by Crippen LogP contribution is 2.32. The van der Waals surface area contributed by atoms with Gasteiger partial charge in [-0.1, -0.05) is 13.0 Å². The lowest BCUT2D eigenvalue weighted by atomic mass is 10.1. The molecule has 1 aromatic heterocycles. The first-order chi connectivity index (χ1) is 12.2. The molecule has 0 aliphatic rings. The third-order valence-electron chi connectivity index (χ3n) is 3.97. The second-order valence-electron chi connectivity index (χ2n) is 5.69. The van der Waals surface area contributed by atoms with Crippen LogP contribution in [0, 0.1) is 11.3 Å². The number of anilines is 2. The van der Waals surface area contributed by atoms with Gasteiger partial charge in [-0.2, -0.15) is 0 Å². The number of aromatic hydroxyl groups is 1. The summed E-state index contributed by atoms with van der Waals surface area (Å²) >= 11 is 0. The zero-order chi connectivity index (χ0) is 17.6. The largest absolute Gasteiger partial charge is 0.508 e. The average molecular weight is 336 g/mol. The quantitative estimate of drug-likeness (QED) is 0.446. The molecule has 1 atom stereocenters. The second kappa shape index (κ2) is 7.61. The van der Waals surface area contributed by atoms with E-state index in [4.69, 9.17) is 10.1 Å². The van der Waals surface area contributed by atoms with Gasteiger partial charge < -0.3 is 20.6 Å². The number of phenolic OH excluding ortho intramolecular Hbond substituents is 1. The Balaban J connectivity index is 1.95. The predicted molar refractivity (Wildman–Crippen MR) is 99.0 cm³/mol. The smallest absolute Gasteiger partial charge is 0.145 e. The highest BCUT2D eigenvalue weighted by Gasteiger charge is 2.12. The Bertz CT molecular complexity index is 860. The van der Waals surface area contributed by atoms with E-state index in [1.54, 1.807) is 24.3 Å². The molecule has 0 bridgehead atoms. The Morgan fingerprint density at radius 1 is 1.20 bits per heavy atom. The molecule has 0 saturated carbocycles. The van der Waals surface area contributed by atoms with Crippen molar-refractivity contribution in [1.29, 1.82) is 5.41 Å². The van der Waals surface area contributed by atoms with Gasteiger partial charge in [-0.25, -0.2) is 9.97 Å². The fraction of sp³-hybridized carbons (Fsp3) is 0.211. The van der Waals surface area contributed by atoms with E-state index in [1.807, 2.05) is 25.1 Å². The average Bonchev–Trinajstić information content (AvgIpc) is 2.64. The SMILES string of the molecule is CC[C@@H](C=N)COc1cccc2ncnc(Nc3ccc(O)cc3)c12. The Morgan fingerprint density at radius 3 is 2.72 bits per heavy atom. The van der Waals surface area contributed by atoms with Gasteiger partial charge in [0, 0.05) is 17.8 Å². The zero-order valence-corrected chi connectivity index (χ0v) is 13.9. The number of hydrogen-bond donors (Lipinski definition) is 3. The number of fused-ring (bicyclic) bond motifs is 1. The summed E-state index contributed by atoms with van der Waals surface area (Å²) in [7, 11) is 0. The minimum atomic E-state index is 0.0772. The fourth-order valence-electron chi connectivity index (χ4n) is 2.46. The minimum Gasteiger partial charge on any atom is -0.508 e. The van der Waals surface area contributed by atoms with Crippen LogP contribution in [0.25, 0.3) is 10.9 Å². The molecular formula is C19H20N4O2. The number of rotatable bonds is 7. The van der Waals surface area contributed by atoms with E-state index in [0.29, 0.717) is 18.2 Å². The molecule has 6 nitrogen and oxygen atoms in total. The summed E-state index contributed by atoms with van der Waals surface area (Å²) in [5.74, 6) is 1.60. The van der Waals surface area contributed by atoms with Gasteiger partial charge in [-0.3, -0.25) is 0 Å². The van der Waals surface area contributed by atoms with Gasteiger partial charge in [-0.15, -0.1) is 0 Å². The molecule has 0 unspecified atom stereocenters. The normalized spacial score (nSPS) is 11.9. The number of phenols is 1. The summed E-state index contributed by atoms with van der Waals surface area (Å²) < 4.78 is 5.95. The summed E-state index contributed by atoms with van der Waals surface area (Å²) in [5, 5.41) is 20.9. The van der Waals surface area contributed by atoms with E-state index >= 15 is 0 Å². The molecule has 0 aliphatic carbocycles. The van der Waals surface area contributed by atoms with E-state index in [0.717, 1.165) is 23.0 Å². The predicted octanol–water partition coefficient (Wildman–Crippen LogP) is 4.13. The minimum absolute atomic E-state index is 0.0772. The summed E-state index contributed by atoms with van der Waals surface area (Å²) in [6, 6.07) is 12.4. The van der Waals surface area contributed by atoms with Crippen LogP contribution in [0.15, 0.2) is 48.8 Å². The molecule has 3 aromatic rings. The molecule has 2 aromatic carbocycles. The van der Waals surface area contributed by atoms with Crippen molar-refractivity contribution < 1.29 is 9.84 Å². The third kappa shape index (κ3) is 3.85. The van der Waals surface area contributed by atoms with Crippen molar-refractivity contribution in [3.8, 4) is 11.5 Å². The molecule has 3 rings (SSSR count). The van der Waals surface area contributed by atoms with Crippen molar-refractivity contribution in [3.63, 3.8) is 0 Å². The number of ether oxygens (including phenoxy) is 1. The molecule has 0 aliphatic heterocycles. The molecule has 0 spiro atoms. The van der Waals surface area contributed by atoms with E-state index in [9.17, 15) is 5.11 Å². The van der Waals surface area contributed by atoms with Crippen LogP contribution in [0.5, 0.6) is 11.5 Å². The first-order valence-electron chi connectivity index (χ1n) is 8.14. The molecule has 25 heavy (non-hydrogen) atoms. The Labute approximate surface area is 146 Å². The number of benzene rings is 2. The van der Waals surface area contributed by atoms with E-state index < -0.39 is 0 Å². The van der Waals surface area contributed by atoms with Crippen LogP contribution in [-0.4, -0.2) is 27.9 Å². The summed E-state index contributed by atoms with van der Waals surface area (Å²) in [5.41, 5.74) is 1.58. The van der Waals surface area contributed by atoms with Crippen LogP contribution in [0.2, 0.25) is 0 Å². The molecule has 1 heterocycles. The molecular weight excluding hydrogens is 316 g/mol. The van der Waals surface area contributed by atoms with Gasteiger partial charge >= 0.3 is 0 Å². The number of aromatic nitrogens is 2. The third-order valence-corrected chi connectivity index (χ3v) is 3.97. The zero-order valence-electron chi connectivity index (χ0n) is 13.9. The summed E-state index contributed by atoms with van der Waals surface area (Å²) in [6.07, 6.45) is 3.77.